The number of carbonyl (C=O) groups is 1. The van der Waals surface area contributed by atoms with Gasteiger partial charge in [-0.2, -0.15) is 0 Å². The van der Waals surface area contributed by atoms with Gasteiger partial charge in [-0.1, -0.05) is 36.7 Å². The van der Waals surface area contributed by atoms with Crippen molar-refractivity contribution in [3.63, 3.8) is 0 Å². The first-order valence-electron chi connectivity index (χ1n) is 9.87. The maximum Gasteiger partial charge on any atom is 0.291 e. The van der Waals surface area contributed by atoms with E-state index in [1.165, 1.54) is 0 Å². The van der Waals surface area contributed by atoms with Crippen LogP contribution in [0.25, 0.3) is 11.0 Å². The van der Waals surface area contributed by atoms with E-state index >= 15 is 0 Å². The normalized spacial score (nSPS) is 15.5. The fourth-order valence-electron chi connectivity index (χ4n) is 3.81. The highest BCUT2D eigenvalue weighted by atomic mass is 35.5. The molecule has 0 spiro atoms. The molecular weight excluding hydrogens is 402 g/mol. The molecule has 0 N–H and O–H groups in total. The van der Waals surface area contributed by atoms with Crippen molar-refractivity contribution in [1.82, 2.24) is 4.90 Å². The zero-order chi connectivity index (χ0) is 21.4. The zero-order valence-electron chi connectivity index (χ0n) is 16.9. The van der Waals surface area contributed by atoms with Gasteiger partial charge in [0.15, 0.2) is 5.43 Å². The summed E-state index contributed by atoms with van der Waals surface area (Å²) in [4.78, 5) is 28.2. The second-order valence-electron chi connectivity index (χ2n) is 7.34. The predicted molar refractivity (Wildman–Crippen MR) is 118 cm³/mol. The monoisotopic (exact) mass is 423 g/mol. The SMILES string of the molecule is C=CCN1C(=O)c2oc3cc(C)c(Cl)cc3c(=O)c2C1c1cccc(OCCC)c1. The smallest absolute Gasteiger partial charge is 0.291 e. The van der Waals surface area contributed by atoms with Crippen molar-refractivity contribution >= 4 is 28.5 Å². The number of fused-ring (bicyclic) bond motifs is 2. The summed E-state index contributed by atoms with van der Waals surface area (Å²) in [5, 5.41) is 0.842. The van der Waals surface area contributed by atoms with Crippen LogP contribution in [-0.2, 0) is 0 Å². The maximum atomic E-state index is 13.5. The van der Waals surface area contributed by atoms with E-state index in [0.29, 0.717) is 33.9 Å². The number of amides is 1. The van der Waals surface area contributed by atoms with Crippen molar-refractivity contribution in [1.29, 1.82) is 0 Å². The Morgan fingerprint density at radius 2 is 2.07 bits per heavy atom. The zero-order valence-corrected chi connectivity index (χ0v) is 17.7. The van der Waals surface area contributed by atoms with Gasteiger partial charge in [-0.25, -0.2) is 0 Å². The maximum absolute atomic E-state index is 13.5. The molecule has 0 bridgehead atoms. The van der Waals surface area contributed by atoms with Crippen molar-refractivity contribution in [3.05, 3.63) is 86.7 Å². The fraction of sp³-hybridized carbons (Fsp3) is 0.250. The molecule has 30 heavy (non-hydrogen) atoms. The third-order valence-corrected chi connectivity index (χ3v) is 5.63. The van der Waals surface area contributed by atoms with E-state index in [4.69, 9.17) is 20.8 Å². The van der Waals surface area contributed by atoms with Crippen molar-refractivity contribution < 1.29 is 13.9 Å². The van der Waals surface area contributed by atoms with Gasteiger partial charge in [-0.3, -0.25) is 9.59 Å². The summed E-state index contributed by atoms with van der Waals surface area (Å²) in [6, 6.07) is 10.2. The third kappa shape index (κ3) is 3.29. The Hall–Kier alpha value is -3.05. The van der Waals surface area contributed by atoms with Crippen molar-refractivity contribution in [2.24, 2.45) is 0 Å². The minimum atomic E-state index is -0.587. The van der Waals surface area contributed by atoms with Crippen LogP contribution in [0.5, 0.6) is 5.75 Å². The molecule has 3 aromatic rings. The topological polar surface area (TPSA) is 59.8 Å². The summed E-state index contributed by atoms with van der Waals surface area (Å²) in [5.74, 6) is 0.431. The van der Waals surface area contributed by atoms with E-state index in [1.54, 1.807) is 23.1 Å². The van der Waals surface area contributed by atoms with Gasteiger partial charge in [0, 0.05) is 11.6 Å². The molecule has 4 rings (SSSR count). The number of rotatable bonds is 6. The molecule has 1 aliphatic rings. The van der Waals surface area contributed by atoms with Crippen molar-refractivity contribution in [2.75, 3.05) is 13.2 Å². The molecule has 1 unspecified atom stereocenters. The first-order valence-corrected chi connectivity index (χ1v) is 10.3. The summed E-state index contributed by atoms with van der Waals surface area (Å²) in [5.41, 5.74) is 1.98. The molecule has 1 aliphatic heterocycles. The van der Waals surface area contributed by atoms with Crippen molar-refractivity contribution in [3.8, 4) is 5.75 Å². The van der Waals surface area contributed by atoms with E-state index in [2.05, 4.69) is 6.58 Å². The minimum absolute atomic E-state index is 0.0703. The van der Waals surface area contributed by atoms with Crippen LogP contribution in [0.4, 0.5) is 0 Å². The van der Waals surface area contributed by atoms with Gasteiger partial charge in [0.2, 0.25) is 5.76 Å². The van der Waals surface area contributed by atoms with Gasteiger partial charge < -0.3 is 14.1 Å². The highest BCUT2D eigenvalue weighted by Crippen LogP contribution is 2.39. The molecule has 2 aromatic carbocycles. The highest BCUT2D eigenvalue weighted by Gasteiger charge is 2.42. The van der Waals surface area contributed by atoms with E-state index in [9.17, 15) is 9.59 Å². The number of nitrogens with zero attached hydrogens (tertiary/aromatic N) is 1. The lowest BCUT2D eigenvalue weighted by atomic mass is 9.98. The van der Waals surface area contributed by atoms with Gasteiger partial charge in [-0.15, -0.1) is 6.58 Å². The molecule has 6 heteroatoms. The molecule has 154 valence electrons. The van der Waals surface area contributed by atoms with Gasteiger partial charge in [0.1, 0.15) is 11.3 Å². The van der Waals surface area contributed by atoms with Crippen LogP contribution in [0, 0.1) is 6.92 Å². The van der Waals surface area contributed by atoms with E-state index in [-0.39, 0.29) is 23.6 Å². The molecule has 5 nitrogen and oxygen atoms in total. The molecule has 0 radical (unpaired) electrons. The molecular formula is C24H22ClNO4. The summed E-state index contributed by atoms with van der Waals surface area (Å²) < 4.78 is 11.7. The van der Waals surface area contributed by atoms with Crippen LogP contribution < -0.4 is 10.2 Å². The predicted octanol–water partition coefficient (Wildman–Crippen LogP) is 5.27. The highest BCUT2D eigenvalue weighted by molar-refractivity contribution is 6.32. The number of aryl methyl sites for hydroxylation is 1. The Kier molecular flexibility index (Phi) is 5.39. The van der Waals surface area contributed by atoms with Crippen LogP contribution in [0.2, 0.25) is 5.02 Å². The Labute approximate surface area is 179 Å². The number of ether oxygens (including phenoxy) is 1. The second-order valence-corrected chi connectivity index (χ2v) is 7.75. The summed E-state index contributed by atoms with van der Waals surface area (Å²) in [7, 11) is 0. The fourth-order valence-corrected chi connectivity index (χ4v) is 3.97. The summed E-state index contributed by atoms with van der Waals surface area (Å²) >= 11 is 6.25. The Bertz CT molecular complexity index is 1210. The Balaban J connectivity index is 1.94. The summed E-state index contributed by atoms with van der Waals surface area (Å²) in [6.45, 7) is 8.49. The number of benzene rings is 2. The second kappa shape index (κ2) is 8.00. The van der Waals surface area contributed by atoms with Gasteiger partial charge >= 0.3 is 0 Å². The van der Waals surface area contributed by atoms with Gasteiger partial charge in [0.25, 0.3) is 5.91 Å². The number of hydrogen-bond acceptors (Lipinski definition) is 4. The lowest BCUT2D eigenvalue weighted by molar-refractivity contribution is 0.0748. The number of carbonyl (C=O) groups excluding carboxylic acids is 1. The molecule has 1 atom stereocenters. The first kappa shape index (κ1) is 20.2. The lowest BCUT2D eigenvalue weighted by Gasteiger charge is -2.24. The molecule has 0 aliphatic carbocycles. The van der Waals surface area contributed by atoms with Crippen LogP contribution in [0.1, 0.15) is 46.6 Å². The average Bonchev–Trinajstić information content (AvgIpc) is 3.01. The van der Waals surface area contributed by atoms with E-state index in [0.717, 1.165) is 17.5 Å². The Morgan fingerprint density at radius 1 is 1.27 bits per heavy atom. The first-order chi connectivity index (χ1) is 14.5. The molecule has 2 heterocycles. The standard InChI is InChI=1S/C24H22ClNO4/c1-4-9-26-21(15-7-6-8-16(12-15)29-10-5-2)20-22(27)17-13-18(25)14(3)11-19(17)30-23(20)24(26)28/h4,6-8,11-13,21H,1,5,9-10H2,2-3H3. The quantitative estimate of drug-likeness (QED) is 0.506. The molecule has 1 amide bonds. The van der Waals surface area contributed by atoms with Gasteiger partial charge in [0.05, 0.1) is 23.6 Å². The van der Waals surface area contributed by atoms with Gasteiger partial charge in [-0.05, 0) is 48.7 Å². The molecule has 0 fully saturated rings. The molecule has 1 aromatic heterocycles. The van der Waals surface area contributed by atoms with Crippen LogP contribution >= 0.6 is 11.6 Å². The van der Waals surface area contributed by atoms with E-state index < -0.39 is 6.04 Å². The largest absolute Gasteiger partial charge is 0.494 e. The number of halogens is 1. The molecule has 0 saturated carbocycles. The lowest BCUT2D eigenvalue weighted by Crippen LogP contribution is -2.29. The van der Waals surface area contributed by atoms with E-state index in [1.807, 2.05) is 38.1 Å². The molecule has 0 saturated heterocycles. The van der Waals surface area contributed by atoms with Crippen LogP contribution in [0.15, 0.2) is 58.3 Å². The minimum Gasteiger partial charge on any atom is -0.494 e. The average molecular weight is 424 g/mol. The third-order valence-electron chi connectivity index (χ3n) is 5.22. The number of hydrogen-bond donors (Lipinski definition) is 0. The summed E-state index contributed by atoms with van der Waals surface area (Å²) in [6.07, 6.45) is 2.52. The van der Waals surface area contributed by atoms with Crippen molar-refractivity contribution in [2.45, 2.75) is 26.3 Å². The van der Waals surface area contributed by atoms with Crippen LogP contribution in [0.3, 0.4) is 0 Å². The van der Waals surface area contributed by atoms with Crippen LogP contribution in [-0.4, -0.2) is 24.0 Å². The Morgan fingerprint density at radius 3 is 2.80 bits per heavy atom.